The highest BCUT2D eigenvalue weighted by atomic mass is 35.5. The van der Waals surface area contributed by atoms with Crippen LogP contribution < -0.4 is 0 Å². The Kier molecular flexibility index (Phi) is 4.50. The molecule has 1 saturated heterocycles. The molecule has 26 heavy (non-hydrogen) atoms. The van der Waals surface area contributed by atoms with Gasteiger partial charge in [0.25, 0.3) is 10.0 Å². The van der Waals surface area contributed by atoms with Crippen molar-refractivity contribution in [1.82, 2.24) is 13.9 Å². The third-order valence-electron chi connectivity index (χ3n) is 5.10. The number of likely N-dealkylation sites (N-methyl/N-ethyl adjacent to an activating group) is 1. The van der Waals surface area contributed by atoms with E-state index in [-0.39, 0.29) is 9.92 Å². The number of benzene rings is 1. The number of fused-ring (bicyclic) bond motifs is 1. The maximum absolute atomic E-state index is 13.2. The second-order valence-electron chi connectivity index (χ2n) is 6.74. The number of halogens is 1. The lowest BCUT2D eigenvalue weighted by Gasteiger charge is -2.18. The van der Waals surface area contributed by atoms with E-state index in [4.69, 9.17) is 11.6 Å². The molecule has 4 rings (SSSR count). The van der Waals surface area contributed by atoms with Gasteiger partial charge in [-0.1, -0.05) is 23.7 Å². The molecule has 5 nitrogen and oxygen atoms in total. The SMILES string of the molecule is CN1CCCC1Cc1cn(S(=O)(=O)c2ccccc2Cl)c2cccnc12. The maximum Gasteiger partial charge on any atom is 0.269 e. The van der Waals surface area contributed by atoms with Crippen LogP contribution in [0.25, 0.3) is 11.0 Å². The van der Waals surface area contributed by atoms with Crippen LogP contribution in [0.3, 0.4) is 0 Å². The Balaban J connectivity index is 1.85. The van der Waals surface area contributed by atoms with Gasteiger partial charge in [0.2, 0.25) is 0 Å². The lowest BCUT2D eigenvalue weighted by atomic mass is 10.1. The quantitative estimate of drug-likeness (QED) is 0.684. The summed E-state index contributed by atoms with van der Waals surface area (Å²) >= 11 is 6.16. The Bertz CT molecular complexity index is 1060. The number of pyridine rings is 1. The molecule has 1 fully saturated rings. The number of hydrogen-bond acceptors (Lipinski definition) is 4. The zero-order valence-corrected chi connectivity index (χ0v) is 16.0. The summed E-state index contributed by atoms with van der Waals surface area (Å²) in [5.74, 6) is 0. The highest BCUT2D eigenvalue weighted by molar-refractivity contribution is 7.90. The van der Waals surface area contributed by atoms with Gasteiger partial charge < -0.3 is 4.90 Å². The molecule has 1 aromatic carbocycles. The summed E-state index contributed by atoms with van der Waals surface area (Å²) in [7, 11) is -1.68. The average Bonchev–Trinajstić information content (AvgIpc) is 3.20. The molecule has 0 amide bonds. The first kappa shape index (κ1) is 17.5. The summed E-state index contributed by atoms with van der Waals surface area (Å²) in [5.41, 5.74) is 2.28. The van der Waals surface area contributed by atoms with E-state index in [2.05, 4.69) is 16.9 Å². The first-order valence-electron chi connectivity index (χ1n) is 8.64. The molecule has 7 heteroatoms. The van der Waals surface area contributed by atoms with Crippen LogP contribution in [0.1, 0.15) is 18.4 Å². The van der Waals surface area contributed by atoms with Crippen molar-refractivity contribution in [1.29, 1.82) is 0 Å². The molecule has 0 bridgehead atoms. The van der Waals surface area contributed by atoms with E-state index in [1.165, 1.54) is 16.5 Å². The lowest BCUT2D eigenvalue weighted by Crippen LogP contribution is -2.26. The van der Waals surface area contributed by atoms with E-state index < -0.39 is 10.0 Å². The first-order valence-corrected chi connectivity index (χ1v) is 10.5. The molecule has 0 aliphatic carbocycles. The smallest absolute Gasteiger partial charge is 0.269 e. The van der Waals surface area contributed by atoms with Crippen LogP contribution in [-0.4, -0.2) is 41.9 Å². The molecule has 1 aliphatic rings. The average molecular weight is 390 g/mol. The van der Waals surface area contributed by atoms with Crippen molar-refractivity contribution in [2.75, 3.05) is 13.6 Å². The van der Waals surface area contributed by atoms with Gasteiger partial charge in [-0.2, -0.15) is 0 Å². The van der Waals surface area contributed by atoms with Crippen LogP contribution in [0.5, 0.6) is 0 Å². The van der Waals surface area contributed by atoms with E-state index in [1.807, 2.05) is 0 Å². The summed E-state index contributed by atoms with van der Waals surface area (Å²) in [6, 6.07) is 10.5. The summed E-state index contributed by atoms with van der Waals surface area (Å²) in [6.07, 6.45) is 6.49. The van der Waals surface area contributed by atoms with Gasteiger partial charge in [-0.3, -0.25) is 4.98 Å². The third kappa shape index (κ3) is 2.92. The molecule has 2 aromatic heterocycles. The molecule has 0 N–H and O–H groups in total. The number of hydrogen-bond donors (Lipinski definition) is 0. The van der Waals surface area contributed by atoms with Crippen LogP contribution in [0.15, 0.2) is 53.7 Å². The normalized spacial score (nSPS) is 18.6. The van der Waals surface area contributed by atoms with Crippen LogP contribution >= 0.6 is 11.6 Å². The van der Waals surface area contributed by atoms with Gasteiger partial charge in [0, 0.05) is 18.4 Å². The molecule has 3 heterocycles. The fourth-order valence-electron chi connectivity index (χ4n) is 3.69. The molecule has 1 atom stereocenters. The van der Waals surface area contributed by atoms with Crippen LogP contribution in [0.4, 0.5) is 0 Å². The van der Waals surface area contributed by atoms with Gasteiger partial charge in [0.1, 0.15) is 4.90 Å². The predicted octanol–water partition coefficient (Wildman–Crippen LogP) is 3.56. The topological polar surface area (TPSA) is 55.2 Å². The van der Waals surface area contributed by atoms with E-state index >= 15 is 0 Å². The third-order valence-corrected chi connectivity index (χ3v) is 7.28. The van der Waals surface area contributed by atoms with Gasteiger partial charge in [-0.15, -0.1) is 0 Å². The maximum atomic E-state index is 13.2. The van der Waals surface area contributed by atoms with Crippen molar-refractivity contribution in [3.05, 3.63) is 59.4 Å². The van der Waals surface area contributed by atoms with Gasteiger partial charge in [0.15, 0.2) is 0 Å². The number of nitrogens with zero attached hydrogens (tertiary/aromatic N) is 3. The van der Waals surface area contributed by atoms with E-state index in [1.54, 1.807) is 42.7 Å². The fourth-order valence-corrected chi connectivity index (χ4v) is 5.57. The molecular formula is C19H20ClN3O2S. The second-order valence-corrected chi connectivity index (χ2v) is 8.93. The molecule has 1 aliphatic heterocycles. The fraction of sp³-hybridized carbons (Fsp3) is 0.316. The van der Waals surface area contributed by atoms with Gasteiger partial charge >= 0.3 is 0 Å². The summed E-state index contributed by atoms with van der Waals surface area (Å²) in [6.45, 7) is 1.08. The lowest BCUT2D eigenvalue weighted by molar-refractivity contribution is 0.309. The van der Waals surface area contributed by atoms with Crippen molar-refractivity contribution in [3.63, 3.8) is 0 Å². The number of likely N-dealkylation sites (tertiary alicyclic amines) is 1. The van der Waals surface area contributed by atoms with Crippen LogP contribution in [0, 0.1) is 0 Å². The van der Waals surface area contributed by atoms with Gasteiger partial charge in [0.05, 0.1) is 16.1 Å². The van der Waals surface area contributed by atoms with E-state index in [0.29, 0.717) is 11.6 Å². The first-order chi connectivity index (χ1) is 12.5. The highest BCUT2D eigenvalue weighted by Gasteiger charge is 2.27. The molecule has 0 spiro atoms. The molecule has 3 aromatic rings. The van der Waals surface area contributed by atoms with Crippen molar-refractivity contribution < 1.29 is 8.42 Å². The Morgan fingerprint density at radius 1 is 1.23 bits per heavy atom. The summed E-state index contributed by atoms with van der Waals surface area (Å²) in [5, 5.41) is 0.218. The Morgan fingerprint density at radius 3 is 2.77 bits per heavy atom. The number of aromatic nitrogens is 2. The van der Waals surface area contributed by atoms with Crippen LogP contribution in [0.2, 0.25) is 5.02 Å². The zero-order chi connectivity index (χ0) is 18.3. The summed E-state index contributed by atoms with van der Waals surface area (Å²) in [4.78, 5) is 6.89. The van der Waals surface area contributed by atoms with E-state index in [9.17, 15) is 8.42 Å². The largest absolute Gasteiger partial charge is 0.303 e. The minimum Gasteiger partial charge on any atom is -0.303 e. The Labute approximate surface area is 158 Å². The minimum atomic E-state index is -3.79. The molecular weight excluding hydrogens is 370 g/mol. The predicted molar refractivity (Wildman–Crippen MR) is 103 cm³/mol. The monoisotopic (exact) mass is 389 g/mol. The summed E-state index contributed by atoms with van der Waals surface area (Å²) < 4.78 is 27.8. The number of rotatable bonds is 4. The van der Waals surface area contributed by atoms with Gasteiger partial charge in [-0.25, -0.2) is 12.4 Å². The van der Waals surface area contributed by atoms with Gasteiger partial charge in [-0.05, 0) is 62.7 Å². The standard InChI is InChI=1S/C19H20ClN3O2S/c1-22-11-5-6-15(22)12-14-13-23(17-8-4-10-21-19(14)17)26(24,25)18-9-3-2-7-16(18)20/h2-4,7-10,13,15H,5-6,11-12H2,1H3. The highest BCUT2D eigenvalue weighted by Crippen LogP contribution is 2.30. The zero-order valence-electron chi connectivity index (χ0n) is 14.5. The van der Waals surface area contributed by atoms with Crippen molar-refractivity contribution in [3.8, 4) is 0 Å². The van der Waals surface area contributed by atoms with Crippen molar-refractivity contribution in [2.45, 2.75) is 30.2 Å². The molecule has 136 valence electrons. The molecule has 0 radical (unpaired) electrons. The molecule has 0 saturated carbocycles. The van der Waals surface area contributed by atoms with Crippen molar-refractivity contribution >= 4 is 32.7 Å². The Morgan fingerprint density at radius 2 is 2.04 bits per heavy atom. The van der Waals surface area contributed by atoms with E-state index in [0.717, 1.165) is 30.5 Å². The van der Waals surface area contributed by atoms with Crippen LogP contribution in [-0.2, 0) is 16.4 Å². The van der Waals surface area contributed by atoms with Crippen molar-refractivity contribution in [2.24, 2.45) is 0 Å². The minimum absolute atomic E-state index is 0.104. The molecule has 1 unspecified atom stereocenters. The Hall–Kier alpha value is -1.89. The second kappa shape index (κ2) is 6.68.